The Morgan fingerprint density at radius 3 is 2.39 bits per heavy atom. The Morgan fingerprint density at radius 2 is 1.89 bits per heavy atom. The molecular weight excluding hydrogens is 248 g/mol. The van der Waals surface area contributed by atoms with E-state index in [1.54, 1.807) is 0 Å². The summed E-state index contributed by atoms with van der Waals surface area (Å²) in [4.78, 5) is 2.32. The van der Waals surface area contributed by atoms with Crippen LogP contribution >= 0.6 is 0 Å². The Labute approximate surface area is 111 Å². The van der Waals surface area contributed by atoms with Crippen molar-refractivity contribution < 1.29 is 8.42 Å². The molecule has 0 aromatic rings. The summed E-state index contributed by atoms with van der Waals surface area (Å²) in [5.74, 6) is 0.672. The number of hydrogen-bond acceptors (Lipinski definition) is 4. The highest BCUT2D eigenvalue weighted by atomic mass is 32.2. The van der Waals surface area contributed by atoms with Crippen molar-refractivity contribution in [3.05, 3.63) is 0 Å². The number of hydrogen-bond donors (Lipinski definition) is 1. The summed E-state index contributed by atoms with van der Waals surface area (Å²) in [6.07, 6.45) is 3.78. The van der Waals surface area contributed by atoms with Crippen LogP contribution in [0.5, 0.6) is 0 Å². The fourth-order valence-electron chi connectivity index (χ4n) is 2.42. The van der Waals surface area contributed by atoms with Gasteiger partial charge in [-0.1, -0.05) is 13.8 Å². The Kier molecular flexibility index (Phi) is 4.34. The van der Waals surface area contributed by atoms with Gasteiger partial charge in [0.25, 0.3) is 0 Å². The van der Waals surface area contributed by atoms with E-state index >= 15 is 0 Å². The van der Waals surface area contributed by atoms with Crippen molar-refractivity contribution in [1.29, 1.82) is 0 Å². The third-order valence-corrected chi connectivity index (χ3v) is 5.90. The predicted molar refractivity (Wildman–Crippen MR) is 74.5 cm³/mol. The highest BCUT2D eigenvalue weighted by Gasteiger charge is 2.31. The van der Waals surface area contributed by atoms with Gasteiger partial charge in [0.1, 0.15) is 0 Å². The molecule has 0 amide bonds. The number of nitrogens with zero attached hydrogens (tertiary/aromatic N) is 1. The van der Waals surface area contributed by atoms with Gasteiger partial charge in [0.05, 0.1) is 11.5 Å². The molecule has 0 radical (unpaired) electrons. The van der Waals surface area contributed by atoms with Gasteiger partial charge >= 0.3 is 0 Å². The summed E-state index contributed by atoms with van der Waals surface area (Å²) in [6, 6.07) is 0.748. The van der Waals surface area contributed by atoms with Gasteiger partial charge in [-0.05, 0) is 24.7 Å². The maximum absolute atomic E-state index is 11.4. The highest BCUT2D eigenvalue weighted by Crippen LogP contribution is 2.26. The first kappa shape index (κ1) is 14.3. The Balaban J connectivity index is 1.81. The molecule has 1 aliphatic carbocycles. The van der Waals surface area contributed by atoms with E-state index in [0.29, 0.717) is 24.6 Å². The topological polar surface area (TPSA) is 49.4 Å². The van der Waals surface area contributed by atoms with Crippen LogP contribution in [0, 0.1) is 5.41 Å². The zero-order chi connectivity index (χ0) is 13.2. The molecule has 1 saturated carbocycles. The minimum absolute atomic E-state index is 0.268. The van der Waals surface area contributed by atoms with Gasteiger partial charge < -0.3 is 10.2 Å². The standard InChI is InChI=1S/C13H26N2O2S/c1-3-13(2,10-14-12-4-5-12)11-15-6-8-18(16,17)9-7-15/h12,14H,3-11H2,1-2H3. The molecule has 0 bridgehead atoms. The molecular formula is C13H26N2O2S. The fourth-order valence-corrected chi connectivity index (χ4v) is 3.70. The smallest absolute Gasteiger partial charge is 0.152 e. The van der Waals surface area contributed by atoms with Crippen LogP contribution in [0.2, 0.25) is 0 Å². The Morgan fingerprint density at radius 1 is 1.28 bits per heavy atom. The van der Waals surface area contributed by atoms with Crippen LogP contribution in [0.3, 0.4) is 0 Å². The molecule has 1 atom stereocenters. The van der Waals surface area contributed by atoms with E-state index in [1.807, 2.05) is 0 Å². The van der Waals surface area contributed by atoms with E-state index in [4.69, 9.17) is 0 Å². The molecule has 2 rings (SSSR count). The van der Waals surface area contributed by atoms with Gasteiger partial charge in [0.15, 0.2) is 9.84 Å². The van der Waals surface area contributed by atoms with E-state index in [9.17, 15) is 8.42 Å². The SMILES string of the molecule is CCC(C)(CNC1CC1)CN1CCS(=O)(=O)CC1. The van der Waals surface area contributed by atoms with Gasteiger partial charge in [-0.25, -0.2) is 8.42 Å². The van der Waals surface area contributed by atoms with Crippen LogP contribution in [0.25, 0.3) is 0 Å². The molecule has 2 aliphatic rings. The van der Waals surface area contributed by atoms with Crippen LogP contribution in [0.1, 0.15) is 33.1 Å². The molecule has 18 heavy (non-hydrogen) atoms. The molecule has 1 saturated heterocycles. The first-order chi connectivity index (χ1) is 8.42. The summed E-state index contributed by atoms with van der Waals surface area (Å²) < 4.78 is 22.8. The van der Waals surface area contributed by atoms with Crippen LogP contribution in [0.15, 0.2) is 0 Å². The molecule has 4 nitrogen and oxygen atoms in total. The van der Waals surface area contributed by atoms with Crippen LogP contribution in [-0.4, -0.2) is 57.0 Å². The lowest BCUT2D eigenvalue weighted by atomic mass is 9.86. The molecule has 1 aliphatic heterocycles. The molecule has 1 unspecified atom stereocenters. The molecule has 2 fully saturated rings. The lowest BCUT2D eigenvalue weighted by Crippen LogP contribution is -2.48. The summed E-state index contributed by atoms with van der Waals surface area (Å²) in [7, 11) is -2.75. The second-order valence-electron chi connectivity index (χ2n) is 6.25. The normalized spacial score (nSPS) is 27.9. The third kappa shape index (κ3) is 4.21. The molecule has 0 spiro atoms. The van der Waals surface area contributed by atoms with E-state index in [2.05, 4.69) is 24.1 Å². The maximum Gasteiger partial charge on any atom is 0.152 e. The quantitative estimate of drug-likeness (QED) is 0.781. The summed E-state index contributed by atoms with van der Waals surface area (Å²) >= 11 is 0. The van der Waals surface area contributed by atoms with Crippen molar-refractivity contribution in [3.8, 4) is 0 Å². The third-order valence-electron chi connectivity index (χ3n) is 4.29. The van der Waals surface area contributed by atoms with Gasteiger partial charge in [-0.2, -0.15) is 0 Å². The molecule has 5 heteroatoms. The average molecular weight is 274 g/mol. The highest BCUT2D eigenvalue weighted by molar-refractivity contribution is 7.91. The van der Waals surface area contributed by atoms with Crippen LogP contribution < -0.4 is 5.32 Å². The number of rotatable bonds is 6. The first-order valence-electron chi connectivity index (χ1n) is 7.09. The minimum Gasteiger partial charge on any atom is -0.313 e. The van der Waals surface area contributed by atoms with E-state index < -0.39 is 9.84 Å². The van der Waals surface area contributed by atoms with Crippen molar-refractivity contribution in [3.63, 3.8) is 0 Å². The lowest BCUT2D eigenvalue weighted by Gasteiger charge is -2.37. The zero-order valence-corrected chi connectivity index (χ0v) is 12.4. The van der Waals surface area contributed by atoms with Crippen molar-refractivity contribution in [2.75, 3.05) is 37.7 Å². The molecule has 0 aromatic heterocycles. The predicted octanol–water partition coefficient (Wildman–Crippen LogP) is 0.885. The van der Waals surface area contributed by atoms with E-state index in [-0.39, 0.29) is 5.41 Å². The molecule has 106 valence electrons. The van der Waals surface area contributed by atoms with E-state index in [1.165, 1.54) is 12.8 Å². The summed E-state index contributed by atoms with van der Waals surface area (Å²) in [5.41, 5.74) is 0.268. The summed E-state index contributed by atoms with van der Waals surface area (Å²) in [6.45, 7) is 8.03. The zero-order valence-electron chi connectivity index (χ0n) is 11.6. The Hall–Kier alpha value is -0.130. The maximum atomic E-state index is 11.4. The second kappa shape index (κ2) is 5.47. The molecule has 1 heterocycles. The molecule has 0 aromatic carbocycles. The summed E-state index contributed by atoms with van der Waals surface area (Å²) in [5, 5.41) is 3.61. The van der Waals surface area contributed by atoms with Gasteiger partial charge in [0.2, 0.25) is 0 Å². The van der Waals surface area contributed by atoms with Gasteiger partial charge in [-0.3, -0.25) is 0 Å². The number of sulfone groups is 1. The van der Waals surface area contributed by atoms with Gasteiger partial charge in [0, 0.05) is 32.2 Å². The monoisotopic (exact) mass is 274 g/mol. The van der Waals surface area contributed by atoms with Gasteiger partial charge in [-0.15, -0.1) is 0 Å². The Bertz CT molecular complexity index is 364. The fraction of sp³-hybridized carbons (Fsp3) is 1.00. The van der Waals surface area contributed by atoms with E-state index in [0.717, 1.165) is 25.6 Å². The van der Waals surface area contributed by atoms with Crippen molar-refractivity contribution in [2.45, 2.75) is 39.2 Å². The van der Waals surface area contributed by atoms with Crippen LogP contribution in [0.4, 0.5) is 0 Å². The molecule has 1 N–H and O–H groups in total. The lowest BCUT2D eigenvalue weighted by molar-refractivity contribution is 0.163. The largest absolute Gasteiger partial charge is 0.313 e. The second-order valence-corrected chi connectivity index (χ2v) is 8.55. The average Bonchev–Trinajstić information content (AvgIpc) is 3.14. The van der Waals surface area contributed by atoms with Crippen molar-refractivity contribution in [1.82, 2.24) is 10.2 Å². The number of nitrogens with one attached hydrogen (secondary N) is 1. The van der Waals surface area contributed by atoms with Crippen LogP contribution in [-0.2, 0) is 9.84 Å². The van der Waals surface area contributed by atoms with Crippen molar-refractivity contribution in [2.24, 2.45) is 5.41 Å². The minimum atomic E-state index is -2.75. The van der Waals surface area contributed by atoms with Crippen molar-refractivity contribution >= 4 is 9.84 Å². The first-order valence-corrected chi connectivity index (χ1v) is 8.91.